The van der Waals surface area contributed by atoms with Gasteiger partial charge in [-0.15, -0.1) is 0 Å². The average Bonchev–Trinajstić information content (AvgIpc) is 3.02. The summed E-state index contributed by atoms with van der Waals surface area (Å²) < 4.78 is 0. The maximum atomic E-state index is 12.3. The minimum Gasteiger partial charge on any atom is -0.480 e. The molecule has 0 spiro atoms. The van der Waals surface area contributed by atoms with Crippen LogP contribution in [0.25, 0.3) is 0 Å². The Hall–Kier alpha value is -1.26. The number of likely N-dealkylation sites (tertiary alicyclic amines) is 1. The number of carboxylic acid groups (broad SMARTS) is 1. The highest BCUT2D eigenvalue weighted by atomic mass is 16.4. The Morgan fingerprint density at radius 3 is 2.47 bits per heavy atom. The Bertz CT molecular complexity index is 379. The van der Waals surface area contributed by atoms with E-state index in [4.69, 9.17) is 0 Å². The lowest BCUT2D eigenvalue weighted by molar-refractivity contribution is -0.142. The number of nitrogens with one attached hydrogen (secondary N) is 1. The van der Waals surface area contributed by atoms with Crippen molar-refractivity contribution < 1.29 is 14.7 Å². The van der Waals surface area contributed by atoms with Crippen molar-refractivity contribution in [1.29, 1.82) is 0 Å². The monoisotopic (exact) mass is 266 g/mol. The Labute approximate surface area is 113 Å². The molecule has 2 N–H and O–H groups in total. The molecule has 0 aromatic heterocycles. The number of carbonyl (C=O) groups excluding carboxylic acids is 1. The van der Waals surface area contributed by atoms with Crippen molar-refractivity contribution in [1.82, 2.24) is 10.2 Å². The topological polar surface area (TPSA) is 69.6 Å². The van der Waals surface area contributed by atoms with Gasteiger partial charge in [0.15, 0.2) is 0 Å². The van der Waals surface area contributed by atoms with E-state index in [1.165, 1.54) is 12.8 Å². The van der Waals surface area contributed by atoms with Gasteiger partial charge in [0.1, 0.15) is 6.04 Å². The van der Waals surface area contributed by atoms with E-state index < -0.39 is 12.0 Å². The standard InChI is InChI=1S/C14H22N2O3/c17-13(18)12-11-7-3-4-9(11)8-16(12)14(19)15-10-5-1-2-6-10/h9-12H,1-8H2,(H,15,19)(H,17,18). The minimum atomic E-state index is -0.837. The first-order valence-corrected chi connectivity index (χ1v) is 7.47. The summed E-state index contributed by atoms with van der Waals surface area (Å²) >= 11 is 0. The molecule has 3 rings (SSSR count). The molecule has 1 aliphatic heterocycles. The second-order valence-electron chi connectivity index (χ2n) is 6.22. The maximum absolute atomic E-state index is 12.3. The van der Waals surface area contributed by atoms with E-state index in [1.807, 2.05) is 0 Å². The molecule has 1 saturated heterocycles. The molecule has 106 valence electrons. The molecule has 2 saturated carbocycles. The molecule has 0 aromatic rings. The lowest BCUT2D eigenvalue weighted by atomic mass is 9.94. The van der Waals surface area contributed by atoms with Crippen molar-refractivity contribution in [3.05, 3.63) is 0 Å². The number of aliphatic carboxylic acids is 1. The molecular weight excluding hydrogens is 244 g/mol. The van der Waals surface area contributed by atoms with Crippen LogP contribution in [0.15, 0.2) is 0 Å². The molecule has 3 fully saturated rings. The molecule has 5 heteroatoms. The van der Waals surface area contributed by atoms with E-state index in [0.717, 1.165) is 32.1 Å². The second kappa shape index (κ2) is 5.02. The van der Waals surface area contributed by atoms with Gasteiger partial charge in [-0.2, -0.15) is 0 Å². The van der Waals surface area contributed by atoms with Crippen LogP contribution in [0.3, 0.4) is 0 Å². The smallest absolute Gasteiger partial charge is 0.326 e. The SMILES string of the molecule is O=C(O)C1C2CCCC2CN1C(=O)NC1CCCC1. The zero-order chi connectivity index (χ0) is 13.4. The van der Waals surface area contributed by atoms with Gasteiger partial charge >= 0.3 is 12.0 Å². The molecule has 3 aliphatic rings. The zero-order valence-electron chi connectivity index (χ0n) is 11.2. The molecule has 3 atom stereocenters. The van der Waals surface area contributed by atoms with Crippen molar-refractivity contribution in [2.45, 2.75) is 57.0 Å². The van der Waals surface area contributed by atoms with E-state index in [1.54, 1.807) is 4.90 Å². The first-order chi connectivity index (χ1) is 9.16. The van der Waals surface area contributed by atoms with Gasteiger partial charge in [0.05, 0.1) is 0 Å². The van der Waals surface area contributed by atoms with Crippen LogP contribution in [0.5, 0.6) is 0 Å². The number of carbonyl (C=O) groups is 2. The number of nitrogens with zero attached hydrogens (tertiary/aromatic N) is 1. The summed E-state index contributed by atoms with van der Waals surface area (Å²) in [6.45, 7) is 0.625. The molecule has 3 unspecified atom stereocenters. The fourth-order valence-corrected chi connectivity index (χ4v) is 4.16. The van der Waals surface area contributed by atoms with Crippen molar-refractivity contribution in [3.8, 4) is 0 Å². The zero-order valence-corrected chi connectivity index (χ0v) is 11.2. The van der Waals surface area contributed by atoms with Gasteiger partial charge in [-0.25, -0.2) is 9.59 Å². The van der Waals surface area contributed by atoms with Crippen LogP contribution in [0, 0.1) is 11.8 Å². The third-order valence-corrected chi connectivity index (χ3v) is 5.09. The highest BCUT2D eigenvalue weighted by molar-refractivity contribution is 5.84. The maximum Gasteiger partial charge on any atom is 0.326 e. The Balaban J connectivity index is 1.68. The van der Waals surface area contributed by atoms with Gasteiger partial charge in [0, 0.05) is 12.6 Å². The fraction of sp³-hybridized carbons (Fsp3) is 0.857. The largest absolute Gasteiger partial charge is 0.480 e. The summed E-state index contributed by atoms with van der Waals surface area (Å²) in [5, 5.41) is 12.4. The summed E-state index contributed by atoms with van der Waals surface area (Å²) in [5.74, 6) is -0.266. The van der Waals surface area contributed by atoms with Gasteiger partial charge in [-0.3, -0.25) is 0 Å². The quantitative estimate of drug-likeness (QED) is 0.801. The molecule has 2 amide bonds. The molecule has 19 heavy (non-hydrogen) atoms. The number of urea groups is 1. The van der Waals surface area contributed by atoms with Gasteiger partial charge in [-0.1, -0.05) is 19.3 Å². The van der Waals surface area contributed by atoms with E-state index in [0.29, 0.717) is 12.5 Å². The van der Waals surface area contributed by atoms with Gasteiger partial charge in [0.25, 0.3) is 0 Å². The van der Waals surface area contributed by atoms with Gasteiger partial charge in [-0.05, 0) is 37.5 Å². The summed E-state index contributed by atoms with van der Waals surface area (Å²) in [7, 11) is 0. The van der Waals surface area contributed by atoms with E-state index >= 15 is 0 Å². The minimum absolute atomic E-state index is 0.159. The Morgan fingerprint density at radius 2 is 1.79 bits per heavy atom. The number of amides is 2. The van der Waals surface area contributed by atoms with Crippen LogP contribution < -0.4 is 5.32 Å². The molecule has 1 heterocycles. The van der Waals surface area contributed by atoms with E-state index in [-0.39, 0.29) is 18.0 Å². The lowest BCUT2D eigenvalue weighted by Crippen LogP contribution is -2.50. The average molecular weight is 266 g/mol. The number of fused-ring (bicyclic) bond motifs is 1. The highest BCUT2D eigenvalue weighted by Crippen LogP contribution is 2.42. The van der Waals surface area contributed by atoms with Gasteiger partial charge < -0.3 is 15.3 Å². The number of rotatable bonds is 2. The molecule has 0 aromatic carbocycles. The van der Waals surface area contributed by atoms with Crippen LogP contribution in [-0.2, 0) is 4.79 Å². The fourth-order valence-electron chi connectivity index (χ4n) is 4.16. The number of hydrogen-bond donors (Lipinski definition) is 2. The third-order valence-electron chi connectivity index (χ3n) is 5.09. The van der Waals surface area contributed by atoms with Crippen LogP contribution in [0.1, 0.15) is 44.9 Å². The Morgan fingerprint density at radius 1 is 1.05 bits per heavy atom. The van der Waals surface area contributed by atoms with Crippen molar-refractivity contribution in [3.63, 3.8) is 0 Å². The van der Waals surface area contributed by atoms with Crippen molar-refractivity contribution in [2.24, 2.45) is 11.8 Å². The van der Waals surface area contributed by atoms with Crippen LogP contribution in [-0.4, -0.2) is 40.6 Å². The number of hydrogen-bond acceptors (Lipinski definition) is 2. The van der Waals surface area contributed by atoms with Crippen molar-refractivity contribution >= 4 is 12.0 Å². The van der Waals surface area contributed by atoms with Gasteiger partial charge in [0.2, 0.25) is 0 Å². The lowest BCUT2D eigenvalue weighted by Gasteiger charge is -2.26. The Kier molecular flexibility index (Phi) is 3.37. The predicted molar refractivity (Wildman–Crippen MR) is 69.7 cm³/mol. The molecule has 0 bridgehead atoms. The molecular formula is C14H22N2O3. The summed E-state index contributed by atoms with van der Waals surface area (Å²) in [5.41, 5.74) is 0. The first kappa shape index (κ1) is 12.8. The second-order valence-corrected chi connectivity index (χ2v) is 6.22. The summed E-state index contributed by atoms with van der Waals surface area (Å²) in [6, 6.07) is -0.509. The van der Waals surface area contributed by atoms with E-state index in [2.05, 4.69) is 5.32 Å². The third kappa shape index (κ3) is 2.30. The highest BCUT2D eigenvalue weighted by Gasteiger charge is 2.49. The molecule has 5 nitrogen and oxygen atoms in total. The molecule has 2 aliphatic carbocycles. The van der Waals surface area contributed by atoms with E-state index in [9.17, 15) is 14.7 Å². The predicted octanol–water partition coefficient (Wildman–Crippen LogP) is 1.82. The van der Waals surface area contributed by atoms with Crippen LogP contribution in [0.4, 0.5) is 4.79 Å². The normalized spacial score (nSPS) is 34.5. The molecule has 0 radical (unpaired) electrons. The summed E-state index contributed by atoms with van der Waals surface area (Å²) in [4.78, 5) is 25.4. The summed E-state index contributed by atoms with van der Waals surface area (Å²) in [6.07, 6.45) is 7.53. The van der Waals surface area contributed by atoms with Crippen LogP contribution >= 0.6 is 0 Å². The van der Waals surface area contributed by atoms with Crippen LogP contribution in [0.2, 0.25) is 0 Å². The first-order valence-electron chi connectivity index (χ1n) is 7.47. The number of carboxylic acids is 1. The van der Waals surface area contributed by atoms with Crippen molar-refractivity contribution in [2.75, 3.05) is 6.54 Å².